The van der Waals surface area contributed by atoms with Crippen molar-refractivity contribution in [2.45, 2.75) is 20.8 Å². The molecule has 96 valence electrons. The molecule has 0 saturated heterocycles. The molecule has 0 bridgehead atoms. The molecule has 1 aromatic rings. The first-order valence-corrected chi connectivity index (χ1v) is 6.12. The summed E-state index contributed by atoms with van der Waals surface area (Å²) in [6, 6.07) is 7.94. The Balaban J connectivity index is 2.65. The zero-order valence-electron chi connectivity index (χ0n) is 11.5. The molecule has 3 heteroatoms. The molecule has 0 spiro atoms. The SMILES string of the molecule is Cc1ccc(C(=O)CN(C)CC(C)C#N)cc1C. The lowest BCUT2D eigenvalue weighted by Gasteiger charge is -2.17. The molecule has 0 fully saturated rings. The molecule has 0 aliphatic carbocycles. The van der Waals surface area contributed by atoms with Gasteiger partial charge in [-0.1, -0.05) is 12.1 Å². The first-order chi connectivity index (χ1) is 8.43. The molecule has 0 heterocycles. The van der Waals surface area contributed by atoms with Crippen molar-refractivity contribution in [3.8, 4) is 6.07 Å². The highest BCUT2D eigenvalue weighted by Crippen LogP contribution is 2.11. The van der Waals surface area contributed by atoms with E-state index in [9.17, 15) is 4.79 Å². The topological polar surface area (TPSA) is 44.1 Å². The molecular formula is C15H20N2O. The number of nitriles is 1. The van der Waals surface area contributed by atoms with Gasteiger partial charge in [0, 0.05) is 12.1 Å². The minimum atomic E-state index is -0.0532. The van der Waals surface area contributed by atoms with Crippen LogP contribution in [0.5, 0.6) is 0 Å². The molecule has 3 nitrogen and oxygen atoms in total. The summed E-state index contributed by atoms with van der Waals surface area (Å²) < 4.78 is 0. The molecule has 0 aliphatic heterocycles. The number of benzene rings is 1. The normalized spacial score (nSPS) is 12.2. The second kappa shape index (κ2) is 6.32. The Kier molecular flexibility index (Phi) is 5.06. The highest BCUT2D eigenvalue weighted by Gasteiger charge is 2.12. The van der Waals surface area contributed by atoms with E-state index in [4.69, 9.17) is 5.26 Å². The summed E-state index contributed by atoms with van der Waals surface area (Å²) in [5.74, 6) is 0.0493. The number of carbonyl (C=O) groups excluding carboxylic acids is 1. The standard InChI is InChI=1S/C15H20N2O/c1-11(8-16)9-17(4)10-15(18)14-6-5-12(2)13(3)7-14/h5-7,11H,9-10H2,1-4H3. The van der Waals surface area contributed by atoms with Crippen LogP contribution in [-0.2, 0) is 0 Å². The Hall–Kier alpha value is -1.66. The highest BCUT2D eigenvalue weighted by atomic mass is 16.1. The lowest BCUT2D eigenvalue weighted by atomic mass is 10.0. The van der Waals surface area contributed by atoms with Crippen LogP contribution in [0, 0.1) is 31.1 Å². The van der Waals surface area contributed by atoms with Crippen LogP contribution in [0.1, 0.15) is 28.4 Å². The van der Waals surface area contributed by atoms with Crippen LogP contribution in [0.25, 0.3) is 0 Å². The van der Waals surface area contributed by atoms with E-state index in [2.05, 4.69) is 6.07 Å². The van der Waals surface area contributed by atoms with Gasteiger partial charge in [0.1, 0.15) is 0 Å². The van der Waals surface area contributed by atoms with Crippen LogP contribution in [-0.4, -0.2) is 30.8 Å². The summed E-state index contributed by atoms with van der Waals surface area (Å²) in [5.41, 5.74) is 3.07. The Morgan fingerprint density at radius 2 is 2.06 bits per heavy atom. The number of aryl methyl sites for hydroxylation is 2. The third-order valence-corrected chi connectivity index (χ3v) is 3.05. The van der Waals surface area contributed by atoms with Crippen molar-refractivity contribution < 1.29 is 4.79 Å². The van der Waals surface area contributed by atoms with Crippen molar-refractivity contribution in [1.82, 2.24) is 4.90 Å². The van der Waals surface area contributed by atoms with Gasteiger partial charge < -0.3 is 0 Å². The zero-order chi connectivity index (χ0) is 13.7. The van der Waals surface area contributed by atoms with E-state index in [1.165, 1.54) is 5.56 Å². The van der Waals surface area contributed by atoms with Crippen molar-refractivity contribution >= 4 is 5.78 Å². The van der Waals surface area contributed by atoms with Crippen molar-refractivity contribution in [2.24, 2.45) is 5.92 Å². The lowest BCUT2D eigenvalue weighted by Crippen LogP contribution is -2.29. The number of hydrogen-bond donors (Lipinski definition) is 0. The van der Waals surface area contributed by atoms with E-state index in [0.29, 0.717) is 13.1 Å². The molecular weight excluding hydrogens is 224 g/mol. The molecule has 1 unspecified atom stereocenters. The Morgan fingerprint density at radius 1 is 1.39 bits per heavy atom. The Labute approximate surface area is 109 Å². The second-order valence-electron chi connectivity index (χ2n) is 4.95. The van der Waals surface area contributed by atoms with Crippen LogP contribution >= 0.6 is 0 Å². The summed E-state index contributed by atoms with van der Waals surface area (Å²) in [5, 5.41) is 8.74. The Morgan fingerprint density at radius 3 is 2.61 bits per heavy atom. The van der Waals surface area contributed by atoms with Crippen LogP contribution in [0.4, 0.5) is 0 Å². The molecule has 1 aromatic carbocycles. The summed E-state index contributed by atoms with van der Waals surface area (Å²) in [6.45, 7) is 6.87. The first kappa shape index (κ1) is 14.4. The number of rotatable bonds is 5. The maximum absolute atomic E-state index is 12.1. The predicted molar refractivity (Wildman–Crippen MR) is 72.5 cm³/mol. The summed E-state index contributed by atoms with van der Waals surface area (Å²) in [4.78, 5) is 14.0. The molecule has 1 atom stereocenters. The van der Waals surface area contributed by atoms with E-state index in [-0.39, 0.29) is 11.7 Å². The zero-order valence-corrected chi connectivity index (χ0v) is 11.5. The maximum atomic E-state index is 12.1. The minimum Gasteiger partial charge on any atom is -0.298 e. The Bertz CT molecular complexity index is 474. The van der Waals surface area contributed by atoms with Crippen LogP contribution in [0.15, 0.2) is 18.2 Å². The number of likely N-dealkylation sites (N-methyl/N-ethyl adjacent to an activating group) is 1. The molecule has 0 saturated carbocycles. The van der Waals surface area contributed by atoms with E-state index < -0.39 is 0 Å². The van der Waals surface area contributed by atoms with Gasteiger partial charge in [-0.25, -0.2) is 0 Å². The molecule has 18 heavy (non-hydrogen) atoms. The van der Waals surface area contributed by atoms with Gasteiger partial charge in [0.15, 0.2) is 5.78 Å². The highest BCUT2D eigenvalue weighted by molar-refractivity contribution is 5.97. The quantitative estimate of drug-likeness (QED) is 0.748. The fraction of sp³-hybridized carbons (Fsp3) is 0.467. The number of ketones is 1. The van der Waals surface area contributed by atoms with E-state index >= 15 is 0 Å². The van der Waals surface area contributed by atoms with Gasteiger partial charge in [0.2, 0.25) is 0 Å². The average Bonchev–Trinajstić information content (AvgIpc) is 2.32. The third-order valence-electron chi connectivity index (χ3n) is 3.05. The van der Waals surface area contributed by atoms with Gasteiger partial charge in [0.05, 0.1) is 18.5 Å². The van der Waals surface area contributed by atoms with Gasteiger partial charge in [-0.05, 0) is 45.0 Å². The average molecular weight is 244 g/mol. The van der Waals surface area contributed by atoms with Crippen molar-refractivity contribution in [3.05, 3.63) is 34.9 Å². The van der Waals surface area contributed by atoms with E-state index in [0.717, 1.165) is 11.1 Å². The minimum absolute atomic E-state index is 0.0532. The van der Waals surface area contributed by atoms with Crippen LogP contribution in [0.2, 0.25) is 0 Å². The lowest BCUT2D eigenvalue weighted by molar-refractivity contribution is 0.0942. The summed E-state index contributed by atoms with van der Waals surface area (Å²) >= 11 is 0. The molecule has 0 aliphatic rings. The van der Waals surface area contributed by atoms with Crippen molar-refractivity contribution in [2.75, 3.05) is 20.1 Å². The maximum Gasteiger partial charge on any atom is 0.176 e. The summed E-state index contributed by atoms with van der Waals surface area (Å²) in [6.07, 6.45) is 0. The molecule has 0 amide bonds. The fourth-order valence-electron chi connectivity index (χ4n) is 1.82. The monoisotopic (exact) mass is 244 g/mol. The smallest absolute Gasteiger partial charge is 0.176 e. The number of nitrogens with zero attached hydrogens (tertiary/aromatic N) is 2. The first-order valence-electron chi connectivity index (χ1n) is 6.12. The number of Topliss-reactive ketones (excluding diaryl/α,β-unsaturated/α-hetero) is 1. The summed E-state index contributed by atoms with van der Waals surface area (Å²) in [7, 11) is 1.87. The largest absolute Gasteiger partial charge is 0.298 e. The number of carbonyl (C=O) groups is 1. The van der Waals surface area contributed by atoms with Crippen LogP contribution in [0.3, 0.4) is 0 Å². The van der Waals surface area contributed by atoms with Gasteiger partial charge >= 0.3 is 0 Å². The van der Waals surface area contributed by atoms with Gasteiger partial charge in [-0.2, -0.15) is 5.26 Å². The molecule has 0 radical (unpaired) electrons. The molecule has 0 N–H and O–H groups in total. The van der Waals surface area contributed by atoms with Gasteiger partial charge in [-0.3, -0.25) is 9.69 Å². The molecule has 0 aromatic heterocycles. The second-order valence-corrected chi connectivity index (χ2v) is 4.95. The van der Waals surface area contributed by atoms with E-state index in [1.807, 2.05) is 50.9 Å². The van der Waals surface area contributed by atoms with Gasteiger partial charge in [-0.15, -0.1) is 0 Å². The fourth-order valence-corrected chi connectivity index (χ4v) is 1.82. The predicted octanol–water partition coefficient (Wildman–Crippen LogP) is 2.58. The molecule has 1 rings (SSSR count). The number of hydrogen-bond acceptors (Lipinski definition) is 3. The van der Waals surface area contributed by atoms with Crippen LogP contribution < -0.4 is 0 Å². The van der Waals surface area contributed by atoms with Gasteiger partial charge in [0.25, 0.3) is 0 Å². The third kappa shape index (κ3) is 3.97. The van der Waals surface area contributed by atoms with Crippen molar-refractivity contribution in [3.63, 3.8) is 0 Å². The van der Waals surface area contributed by atoms with E-state index in [1.54, 1.807) is 0 Å². The van der Waals surface area contributed by atoms with Crippen molar-refractivity contribution in [1.29, 1.82) is 5.26 Å².